The van der Waals surface area contributed by atoms with Gasteiger partial charge in [-0.05, 0) is 78.0 Å². The summed E-state index contributed by atoms with van der Waals surface area (Å²) in [6.07, 6.45) is -24.5. The Morgan fingerprint density at radius 2 is 1.35 bits per heavy atom. The van der Waals surface area contributed by atoms with Crippen molar-refractivity contribution in [1.29, 1.82) is 0 Å². The zero-order valence-electron chi connectivity index (χ0n) is 45.9. The molecule has 0 aromatic heterocycles. The molecule has 2 aromatic rings. The zero-order chi connectivity index (χ0) is 57.7. The zero-order valence-corrected chi connectivity index (χ0v) is 45.9. The van der Waals surface area contributed by atoms with Gasteiger partial charge in [0.2, 0.25) is 6.29 Å². The Bertz CT molecular complexity index is 2460. The first-order chi connectivity index (χ1) is 37.2. The fourth-order valence-electron chi connectivity index (χ4n) is 11.8. The van der Waals surface area contributed by atoms with E-state index < -0.39 is 176 Å². The molecule has 0 saturated carbocycles. The fourth-order valence-corrected chi connectivity index (χ4v) is 11.8. The number of hydrogen-bond acceptors (Lipinski definition) is 25. The summed E-state index contributed by atoms with van der Waals surface area (Å²) in [6.45, 7) is 11.6. The van der Waals surface area contributed by atoms with E-state index in [2.05, 4.69) is 0 Å². The Labute approximate surface area is 456 Å². The van der Waals surface area contributed by atoms with Gasteiger partial charge < -0.3 is 108 Å². The smallest absolute Gasteiger partial charge is 0.303 e. The number of carbonyl (C=O) groups is 3. The number of carbonyl (C=O) groups excluding carboxylic acids is 3. The average molecular weight is 1130 g/mol. The summed E-state index contributed by atoms with van der Waals surface area (Å²) in [5, 5.41) is 99.4. The molecule has 5 heterocycles. The first-order valence-corrected chi connectivity index (χ1v) is 26.9. The third-order valence-electron chi connectivity index (χ3n) is 16.0. The van der Waals surface area contributed by atoms with Crippen LogP contribution in [0, 0.1) is 12.8 Å². The number of aliphatic hydroxyl groups excluding tert-OH is 6. The Balaban J connectivity index is 1.04. The number of Topliss-reactive ketones (excluding diaryl/α,β-unsaturated/α-hetero) is 2. The summed E-state index contributed by atoms with van der Waals surface area (Å²) < 4.78 is 78.1. The molecule has 1 aliphatic carbocycles. The molecule has 2 aromatic carbocycles. The average Bonchev–Trinajstić information content (AvgIpc) is 3.40. The summed E-state index contributed by atoms with van der Waals surface area (Å²) in [5.74, 6) is -4.66. The quantitative estimate of drug-likeness (QED) is 0.0979. The molecule has 25 heteroatoms. The van der Waals surface area contributed by atoms with Crippen LogP contribution < -0.4 is 4.74 Å². The maximum absolute atomic E-state index is 15.0. The van der Waals surface area contributed by atoms with Gasteiger partial charge in [-0.3, -0.25) is 14.4 Å². The van der Waals surface area contributed by atoms with Crippen molar-refractivity contribution in [2.75, 3.05) is 20.8 Å². The normalized spacial score (nSPS) is 40.3. The lowest BCUT2D eigenvalue weighted by Crippen LogP contribution is -2.58. The molecular formula is C54H78O25. The molecule has 444 valence electrons. The van der Waals surface area contributed by atoms with Gasteiger partial charge in [0.1, 0.15) is 66.1 Å². The van der Waals surface area contributed by atoms with Crippen LogP contribution in [-0.4, -0.2) is 225 Å². The number of benzene rings is 2. The Morgan fingerprint density at radius 1 is 0.747 bits per heavy atom. The van der Waals surface area contributed by atoms with Gasteiger partial charge in [-0.15, -0.1) is 0 Å². The summed E-state index contributed by atoms with van der Waals surface area (Å²) >= 11 is 0. The van der Waals surface area contributed by atoms with Crippen molar-refractivity contribution in [2.45, 2.75) is 235 Å². The lowest BCUT2D eigenvalue weighted by Gasteiger charge is -2.45. The number of ketones is 2. The summed E-state index contributed by atoms with van der Waals surface area (Å²) in [7, 11) is 2.65. The standard InChI is InChI=1S/C54H78O25/c1-20-32(75-39-17-35(50(24(5)72-39)74-26(7)56)78-37-14-30(57)49(67-9)23(4)71-37)13-28-11-27-12-29(51(68-10)48(64)44(60)21(2)55)52(47(63)42(27)46(62)41(28)43(20)59)79-36-15-33(31(58)19-69-36)76-38-16-34(45(61)22(3)70-38)77-40-18-54(8,66)53(65)25(6)73-40/h11,13,21-25,29-31,33-40,44-45,49-53,55,57-62,65-66H,12,14-19H2,1-10H3. The third kappa shape index (κ3) is 13.0. The molecule has 24 unspecified atom stereocenters. The predicted octanol–water partition coefficient (Wildman–Crippen LogP) is 0.587. The molecule has 6 aliphatic rings. The fraction of sp³-hybridized carbons (Fsp3) is 0.759. The second kappa shape index (κ2) is 25.0. The molecule has 0 radical (unpaired) electrons. The van der Waals surface area contributed by atoms with Crippen LogP contribution in [0.3, 0.4) is 0 Å². The molecule has 9 N–H and O–H groups in total. The van der Waals surface area contributed by atoms with E-state index in [1.807, 2.05) is 0 Å². The Hall–Kier alpha value is -3.81. The van der Waals surface area contributed by atoms with E-state index in [-0.39, 0.29) is 78.3 Å². The first kappa shape index (κ1) is 61.3. The first-order valence-electron chi connectivity index (χ1n) is 26.9. The van der Waals surface area contributed by atoms with Crippen molar-refractivity contribution in [3.8, 4) is 17.2 Å². The second-order valence-electron chi connectivity index (χ2n) is 22.1. The van der Waals surface area contributed by atoms with Crippen LogP contribution in [0.2, 0.25) is 0 Å². The highest BCUT2D eigenvalue weighted by Crippen LogP contribution is 2.48. The molecule has 8 rings (SSSR count). The number of hydrogen-bond donors (Lipinski definition) is 9. The number of phenols is 2. The SMILES string of the molecule is COC(C(=O)C(O)C(C)O)C1Cc2cc3cc(OC4CC(OC5CC(O)C(OC)C(C)O5)C(OC(C)=O)C(C)O4)c(C)c(O)c3c(O)c2C(=O)C1OC1CC(OC2CC(OC3CC(C)(O)C(O)C(C)O3)C(O)C(C)O2)C(O)CO1. The van der Waals surface area contributed by atoms with E-state index in [0.29, 0.717) is 0 Å². The van der Waals surface area contributed by atoms with E-state index in [1.165, 1.54) is 54.0 Å². The van der Waals surface area contributed by atoms with Gasteiger partial charge in [-0.25, -0.2) is 0 Å². The monoisotopic (exact) mass is 1130 g/mol. The van der Waals surface area contributed by atoms with Crippen LogP contribution in [-0.2, 0) is 72.9 Å². The van der Waals surface area contributed by atoms with Crippen LogP contribution in [0.25, 0.3) is 10.8 Å². The minimum Gasteiger partial charge on any atom is -0.507 e. The number of phenolic OH excluding ortho intramolecular Hbond substituents is 2. The number of methoxy groups -OCH3 is 2. The van der Waals surface area contributed by atoms with Gasteiger partial charge in [0, 0.05) is 64.7 Å². The maximum Gasteiger partial charge on any atom is 0.303 e. The Kier molecular flexibility index (Phi) is 19.4. The molecular weight excluding hydrogens is 1050 g/mol. The number of rotatable bonds is 17. The number of aromatic hydroxyl groups is 2. The van der Waals surface area contributed by atoms with Gasteiger partial charge >= 0.3 is 5.97 Å². The molecule has 0 amide bonds. The second-order valence-corrected chi connectivity index (χ2v) is 22.1. The highest BCUT2D eigenvalue weighted by Gasteiger charge is 2.51. The van der Waals surface area contributed by atoms with Crippen molar-refractivity contribution >= 4 is 28.3 Å². The molecule has 25 nitrogen and oxygen atoms in total. The van der Waals surface area contributed by atoms with Crippen LogP contribution in [0.5, 0.6) is 17.2 Å². The largest absolute Gasteiger partial charge is 0.507 e. The van der Waals surface area contributed by atoms with E-state index in [1.54, 1.807) is 27.7 Å². The van der Waals surface area contributed by atoms with Gasteiger partial charge in [-0.2, -0.15) is 0 Å². The van der Waals surface area contributed by atoms with Crippen LogP contribution in [0.4, 0.5) is 0 Å². The van der Waals surface area contributed by atoms with Crippen LogP contribution >= 0.6 is 0 Å². The topological polar surface area (TPSA) is 353 Å². The number of aliphatic hydroxyl groups is 7. The number of esters is 1. The van der Waals surface area contributed by atoms with E-state index in [9.17, 15) is 55.5 Å². The van der Waals surface area contributed by atoms with Crippen molar-refractivity contribution in [2.24, 2.45) is 5.92 Å². The lowest BCUT2D eigenvalue weighted by molar-refractivity contribution is -0.330. The highest BCUT2D eigenvalue weighted by molar-refractivity contribution is 6.11. The molecule has 79 heavy (non-hydrogen) atoms. The van der Waals surface area contributed by atoms with Crippen LogP contribution in [0.15, 0.2) is 12.1 Å². The third-order valence-corrected chi connectivity index (χ3v) is 16.0. The highest BCUT2D eigenvalue weighted by atomic mass is 16.7. The minimum atomic E-state index is -1.95. The summed E-state index contributed by atoms with van der Waals surface area (Å²) in [4.78, 5) is 41.2. The predicted molar refractivity (Wildman–Crippen MR) is 268 cm³/mol. The molecule has 5 saturated heterocycles. The van der Waals surface area contributed by atoms with Gasteiger partial charge in [-0.1, -0.05) is 0 Å². The van der Waals surface area contributed by atoms with Crippen LogP contribution in [0.1, 0.15) is 102 Å². The van der Waals surface area contributed by atoms with E-state index in [4.69, 9.17) is 61.6 Å². The van der Waals surface area contributed by atoms with Gasteiger partial charge in [0.15, 0.2) is 42.8 Å². The van der Waals surface area contributed by atoms with Gasteiger partial charge in [0.05, 0.1) is 72.0 Å². The molecule has 0 spiro atoms. The number of fused-ring (bicyclic) bond motifs is 2. The summed E-state index contributed by atoms with van der Waals surface area (Å²) in [6, 6.07) is 3.04. The lowest BCUT2D eigenvalue weighted by atomic mass is 9.75. The summed E-state index contributed by atoms with van der Waals surface area (Å²) in [5.41, 5.74) is -1.48. The van der Waals surface area contributed by atoms with Crippen molar-refractivity contribution < 1.29 is 122 Å². The minimum absolute atomic E-state index is 0.0194. The van der Waals surface area contributed by atoms with E-state index >= 15 is 4.79 Å². The number of ether oxygens (including phenoxy) is 13. The molecule has 5 aliphatic heterocycles. The molecule has 24 atom stereocenters. The maximum atomic E-state index is 15.0. The van der Waals surface area contributed by atoms with Crippen molar-refractivity contribution in [3.05, 3.63) is 28.8 Å². The van der Waals surface area contributed by atoms with Crippen molar-refractivity contribution in [1.82, 2.24) is 0 Å². The van der Waals surface area contributed by atoms with E-state index in [0.717, 1.165) is 0 Å². The molecule has 0 bridgehead atoms. The van der Waals surface area contributed by atoms with Crippen molar-refractivity contribution in [3.63, 3.8) is 0 Å². The van der Waals surface area contributed by atoms with Gasteiger partial charge in [0.25, 0.3) is 0 Å². The molecule has 5 fully saturated rings. The Morgan fingerprint density at radius 3 is 2.00 bits per heavy atom.